The lowest BCUT2D eigenvalue weighted by Gasteiger charge is -2.33. The van der Waals surface area contributed by atoms with Gasteiger partial charge in [-0.3, -0.25) is 4.79 Å². The van der Waals surface area contributed by atoms with Gasteiger partial charge in [0.25, 0.3) is 5.91 Å². The van der Waals surface area contributed by atoms with Gasteiger partial charge in [-0.25, -0.2) is 0 Å². The molecule has 2 fully saturated rings. The van der Waals surface area contributed by atoms with E-state index in [1.165, 1.54) is 0 Å². The molecule has 2 unspecified atom stereocenters. The molecule has 20 heavy (non-hydrogen) atoms. The van der Waals surface area contributed by atoms with Gasteiger partial charge < -0.3 is 14.6 Å². The number of piperidine rings is 1. The van der Waals surface area contributed by atoms with Crippen molar-refractivity contribution in [1.82, 2.24) is 10.2 Å². The first kappa shape index (κ1) is 12.0. The fraction of sp³-hybridized carbons (Fsp3) is 0.438. The van der Waals surface area contributed by atoms with Gasteiger partial charge in [0.05, 0.1) is 0 Å². The Morgan fingerprint density at radius 3 is 3.00 bits per heavy atom. The second-order valence-electron chi connectivity index (χ2n) is 5.87. The number of para-hydroxylation sites is 1. The SMILES string of the molecule is O=C(c1cc2ccccc2o1)N1CCC2CNCC2C1. The summed E-state index contributed by atoms with van der Waals surface area (Å²) in [6, 6.07) is 9.62. The standard InChI is InChI=1S/C16H18N2O2/c19-16(15-7-11-3-1-2-4-14(11)20-15)18-6-5-12-8-17-9-13(12)10-18/h1-4,7,12-13,17H,5-6,8-10H2. The normalized spacial score (nSPS) is 25.9. The maximum absolute atomic E-state index is 12.6. The van der Waals surface area contributed by atoms with E-state index in [4.69, 9.17) is 4.42 Å². The average Bonchev–Trinajstić information content (AvgIpc) is 3.11. The lowest BCUT2D eigenvalue weighted by atomic mass is 9.88. The highest BCUT2D eigenvalue weighted by Gasteiger charge is 2.35. The van der Waals surface area contributed by atoms with Crippen molar-refractivity contribution in [3.63, 3.8) is 0 Å². The van der Waals surface area contributed by atoms with E-state index in [2.05, 4.69) is 5.32 Å². The van der Waals surface area contributed by atoms with Crippen LogP contribution in [-0.2, 0) is 0 Å². The molecule has 1 aromatic carbocycles. The third kappa shape index (κ3) is 1.91. The predicted octanol–water partition coefficient (Wildman–Crippen LogP) is 2.11. The predicted molar refractivity (Wildman–Crippen MR) is 76.6 cm³/mol. The molecule has 4 rings (SSSR count). The van der Waals surface area contributed by atoms with Crippen molar-refractivity contribution in [2.45, 2.75) is 6.42 Å². The zero-order valence-corrected chi connectivity index (χ0v) is 11.3. The first-order chi connectivity index (χ1) is 9.81. The molecule has 2 aromatic rings. The summed E-state index contributed by atoms with van der Waals surface area (Å²) < 4.78 is 5.69. The van der Waals surface area contributed by atoms with Crippen molar-refractivity contribution in [2.75, 3.05) is 26.2 Å². The first-order valence-electron chi connectivity index (χ1n) is 7.30. The zero-order valence-electron chi connectivity index (χ0n) is 11.3. The van der Waals surface area contributed by atoms with Gasteiger partial charge in [-0.15, -0.1) is 0 Å². The minimum absolute atomic E-state index is 0.0338. The fourth-order valence-electron chi connectivity index (χ4n) is 3.46. The number of nitrogens with one attached hydrogen (secondary N) is 1. The second kappa shape index (κ2) is 4.63. The van der Waals surface area contributed by atoms with Crippen molar-refractivity contribution in [3.05, 3.63) is 36.1 Å². The number of rotatable bonds is 1. The van der Waals surface area contributed by atoms with Crippen molar-refractivity contribution < 1.29 is 9.21 Å². The molecule has 0 radical (unpaired) electrons. The van der Waals surface area contributed by atoms with Gasteiger partial charge in [-0.05, 0) is 43.5 Å². The number of furan rings is 1. The Balaban J connectivity index is 1.57. The van der Waals surface area contributed by atoms with Crippen LogP contribution in [0.1, 0.15) is 17.0 Å². The maximum atomic E-state index is 12.6. The summed E-state index contributed by atoms with van der Waals surface area (Å²) in [6.45, 7) is 3.85. The zero-order chi connectivity index (χ0) is 13.5. The molecule has 1 aromatic heterocycles. The number of carbonyl (C=O) groups is 1. The third-order valence-electron chi connectivity index (χ3n) is 4.63. The van der Waals surface area contributed by atoms with Gasteiger partial charge >= 0.3 is 0 Å². The maximum Gasteiger partial charge on any atom is 0.289 e. The largest absolute Gasteiger partial charge is 0.451 e. The molecule has 4 heteroatoms. The van der Waals surface area contributed by atoms with E-state index in [1.807, 2.05) is 35.2 Å². The molecule has 2 atom stereocenters. The van der Waals surface area contributed by atoms with Gasteiger partial charge in [0.15, 0.2) is 5.76 Å². The summed E-state index contributed by atoms with van der Waals surface area (Å²) in [5.74, 6) is 1.86. The van der Waals surface area contributed by atoms with Gasteiger partial charge in [0, 0.05) is 18.5 Å². The molecule has 0 spiro atoms. The molecule has 0 saturated carbocycles. The van der Waals surface area contributed by atoms with Crippen molar-refractivity contribution in [1.29, 1.82) is 0 Å². The summed E-state index contributed by atoms with van der Waals surface area (Å²) in [7, 11) is 0. The van der Waals surface area contributed by atoms with Crippen LogP contribution >= 0.6 is 0 Å². The molecule has 1 N–H and O–H groups in total. The number of hydrogen-bond donors (Lipinski definition) is 1. The molecule has 2 saturated heterocycles. The molecule has 2 aliphatic heterocycles. The smallest absolute Gasteiger partial charge is 0.289 e. The van der Waals surface area contributed by atoms with Crippen molar-refractivity contribution >= 4 is 16.9 Å². The Labute approximate surface area is 117 Å². The minimum Gasteiger partial charge on any atom is -0.451 e. The average molecular weight is 270 g/mol. The highest BCUT2D eigenvalue weighted by Crippen LogP contribution is 2.28. The number of nitrogens with zero attached hydrogens (tertiary/aromatic N) is 1. The van der Waals surface area contributed by atoms with Crippen LogP contribution in [0, 0.1) is 11.8 Å². The highest BCUT2D eigenvalue weighted by molar-refractivity contribution is 5.96. The molecule has 3 heterocycles. The Morgan fingerprint density at radius 1 is 1.25 bits per heavy atom. The molecule has 0 bridgehead atoms. The van der Waals surface area contributed by atoms with E-state index in [9.17, 15) is 4.79 Å². The van der Waals surface area contributed by atoms with Crippen LogP contribution < -0.4 is 5.32 Å². The van der Waals surface area contributed by atoms with Crippen LogP contribution in [0.2, 0.25) is 0 Å². The van der Waals surface area contributed by atoms with Gasteiger partial charge in [-0.2, -0.15) is 0 Å². The Kier molecular flexibility index (Phi) is 2.77. The fourth-order valence-corrected chi connectivity index (χ4v) is 3.46. The van der Waals surface area contributed by atoms with E-state index in [-0.39, 0.29) is 5.91 Å². The number of fused-ring (bicyclic) bond motifs is 2. The first-order valence-corrected chi connectivity index (χ1v) is 7.30. The van der Waals surface area contributed by atoms with Crippen LogP contribution in [-0.4, -0.2) is 37.0 Å². The van der Waals surface area contributed by atoms with Crippen LogP contribution in [0.3, 0.4) is 0 Å². The monoisotopic (exact) mass is 270 g/mol. The lowest BCUT2D eigenvalue weighted by molar-refractivity contribution is 0.0613. The lowest BCUT2D eigenvalue weighted by Crippen LogP contribution is -2.43. The molecule has 104 valence electrons. The van der Waals surface area contributed by atoms with Crippen LogP contribution in [0.4, 0.5) is 0 Å². The number of hydrogen-bond acceptors (Lipinski definition) is 3. The number of benzene rings is 1. The summed E-state index contributed by atoms with van der Waals surface area (Å²) in [5, 5.41) is 4.42. The van der Waals surface area contributed by atoms with Gasteiger partial charge in [0.1, 0.15) is 5.58 Å². The minimum atomic E-state index is 0.0338. The summed E-state index contributed by atoms with van der Waals surface area (Å²) in [6.07, 6.45) is 1.10. The third-order valence-corrected chi connectivity index (χ3v) is 4.63. The van der Waals surface area contributed by atoms with E-state index in [0.717, 1.165) is 49.5 Å². The Morgan fingerprint density at radius 2 is 2.10 bits per heavy atom. The Bertz CT molecular complexity index is 616. The quantitative estimate of drug-likeness (QED) is 0.863. The van der Waals surface area contributed by atoms with Crippen molar-refractivity contribution in [2.24, 2.45) is 11.8 Å². The Hall–Kier alpha value is -1.81. The second-order valence-corrected chi connectivity index (χ2v) is 5.87. The molecule has 4 nitrogen and oxygen atoms in total. The number of carbonyl (C=O) groups excluding carboxylic acids is 1. The molecule has 2 aliphatic rings. The van der Waals surface area contributed by atoms with E-state index >= 15 is 0 Å². The van der Waals surface area contributed by atoms with Crippen molar-refractivity contribution in [3.8, 4) is 0 Å². The van der Waals surface area contributed by atoms with Crippen LogP contribution in [0.5, 0.6) is 0 Å². The topological polar surface area (TPSA) is 45.5 Å². The summed E-state index contributed by atoms with van der Waals surface area (Å²) in [5.41, 5.74) is 0.785. The highest BCUT2D eigenvalue weighted by atomic mass is 16.3. The summed E-state index contributed by atoms with van der Waals surface area (Å²) in [4.78, 5) is 14.5. The summed E-state index contributed by atoms with van der Waals surface area (Å²) >= 11 is 0. The molecule has 1 amide bonds. The van der Waals surface area contributed by atoms with E-state index in [1.54, 1.807) is 0 Å². The van der Waals surface area contributed by atoms with Gasteiger partial charge in [-0.1, -0.05) is 18.2 Å². The van der Waals surface area contributed by atoms with E-state index in [0.29, 0.717) is 11.7 Å². The van der Waals surface area contributed by atoms with E-state index < -0.39 is 0 Å². The number of amides is 1. The van der Waals surface area contributed by atoms with Crippen LogP contribution in [0.15, 0.2) is 34.7 Å². The number of likely N-dealkylation sites (tertiary alicyclic amines) is 1. The van der Waals surface area contributed by atoms with Gasteiger partial charge in [0.2, 0.25) is 0 Å². The molecular formula is C16H18N2O2. The molecular weight excluding hydrogens is 252 g/mol. The molecule has 0 aliphatic carbocycles. The van der Waals surface area contributed by atoms with Crippen LogP contribution in [0.25, 0.3) is 11.0 Å².